The SMILES string of the molecule is CNSCCc1ccc(NCc2ccccc2)c(C)c1. The second-order valence-corrected chi connectivity index (χ2v) is 5.90. The van der Waals surface area contributed by atoms with E-state index in [0.717, 1.165) is 18.7 Å². The van der Waals surface area contributed by atoms with Crippen LogP contribution in [-0.4, -0.2) is 12.8 Å². The molecule has 106 valence electrons. The van der Waals surface area contributed by atoms with Crippen molar-refractivity contribution in [3.63, 3.8) is 0 Å². The van der Waals surface area contributed by atoms with Gasteiger partial charge in [-0.05, 0) is 43.1 Å². The minimum atomic E-state index is 0.872. The molecule has 0 spiro atoms. The molecule has 3 heteroatoms. The molecule has 0 saturated heterocycles. The second-order valence-electron chi connectivity index (χ2n) is 4.79. The average Bonchev–Trinajstić information content (AvgIpc) is 2.48. The Kier molecular flexibility index (Phi) is 5.96. The molecule has 0 unspecified atom stereocenters. The number of benzene rings is 2. The Hall–Kier alpha value is -1.45. The zero-order valence-corrected chi connectivity index (χ0v) is 13.0. The Morgan fingerprint density at radius 3 is 2.50 bits per heavy atom. The maximum absolute atomic E-state index is 3.51. The number of rotatable bonds is 7. The molecule has 0 fully saturated rings. The van der Waals surface area contributed by atoms with Crippen LogP contribution in [0.5, 0.6) is 0 Å². The second kappa shape index (κ2) is 7.98. The van der Waals surface area contributed by atoms with Crippen LogP contribution in [0.3, 0.4) is 0 Å². The first-order valence-corrected chi connectivity index (χ1v) is 7.94. The lowest BCUT2D eigenvalue weighted by atomic mass is 10.1. The van der Waals surface area contributed by atoms with Crippen LogP contribution in [0.25, 0.3) is 0 Å². The van der Waals surface area contributed by atoms with E-state index in [2.05, 4.69) is 59.4 Å². The molecule has 0 atom stereocenters. The summed E-state index contributed by atoms with van der Waals surface area (Å²) in [4.78, 5) is 0. The summed E-state index contributed by atoms with van der Waals surface area (Å²) >= 11 is 1.75. The Morgan fingerprint density at radius 1 is 1.00 bits per heavy atom. The fourth-order valence-electron chi connectivity index (χ4n) is 2.14. The van der Waals surface area contributed by atoms with Crippen LogP contribution < -0.4 is 10.0 Å². The molecule has 2 aromatic carbocycles. The van der Waals surface area contributed by atoms with Crippen molar-refractivity contribution >= 4 is 17.6 Å². The van der Waals surface area contributed by atoms with Crippen LogP contribution in [0, 0.1) is 6.92 Å². The number of aryl methyl sites for hydroxylation is 2. The quantitative estimate of drug-likeness (QED) is 0.594. The van der Waals surface area contributed by atoms with Crippen LogP contribution in [0.1, 0.15) is 16.7 Å². The molecule has 0 aliphatic heterocycles. The summed E-state index contributed by atoms with van der Waals surface area (Å²) in [5.74, 6) is 1.10. The molecule has 0 amide bonds. The molecule has 0 radical (unpaired) electrons. The molecule has 2 nitrogen and oxygen atoms in total. The minimum absolute atomic E-state index is 0.872. The maximum Gasteiger partial charge on any atom is 0.0400 e. The van der Waals surface area contributed by atoms with Crippen molar-refractivity contribution in [1.29, 1.82) is 0 Å². The smallest absolute Gasteiger partial charge is 0.0400 e. The van der Waals surface area contributed by atoms with Gasteiger partial charge < -0.3 is 5.32 Å². The molecule has 0 heterocycles. The normalized spacial score (nSPS) is 10.5. The summed E-state index contributed by atoms with van der Waals surface area (Å²) in [6, 6.07) is 17.2. The van der Waals surface area contributed by atoms with Crippen LogP contribution in [-0.2, 0) is 13.0 Å². The van der Waals surface area contributed by atoms with Crippen molar-refractivity contribution in [1.82, 2.24) is 4.72 Å². The van der Waals surface area contributed by atoms with Crippen LogP contribution in [0.2, 0.25) is 0 Å². The van der Waals surface area contributed by atoms with E-state index in [-0.39, 0.29) is 0 Å². The van der Waals surface area contributed by atoms with Gasteiger partial charge in [-0.2, -0.15) is 0 Å². The number of hydrogen-bond donors (Lipinski definition) is 2. The molecule has 0 saturated carbocycles. The number of anilines is 1. The lowest BCUT2D eigenvalue weighted by molar-refractivity contribution is 1.11. The third-order valence-electron chi connectivity index (χ3n) is 3.25. The summed E-state index contributed by atoms with van der Waals surface area (Å²) in [7, 11) is 1.96. The highest BCUT2D eigenvalue weighted by Crippen LogP contribution is 2.18. The summed E-state index contributed by atoms with van der Waals surface area (Å²) in [6.07, 6.45) is 1.10. The Bertz CT molecular complexity index is 526. The van der Waals surface area contributed by atoms with Crippen molar-refractivity contribution in [3.05, 3.63) is 65.2 Å². The molecular formula is C17H22N2S. The Balaban J connectivity index is 1.92. The van der Waals surface area contributed by atoms with Gasteiger partial charge in [0.1, 0.15) is 0 Å². The van der Waals surface area contributed by atoms with E-state index < -0.39 is 0 Å². The van der Waals surface area contributed by atoms with Crippen molar-refractivity contribution in [2.75, 3.05) is 18.1 Å². The first-order valence-electron chi connectivity index (χ1n) is 6.95. The largest absolute Gasteiger partial charge is 0.381 e. The van der Waals surface area contributed by atoms with Gasteiger partial charge in [0.25, 0.3) is 0 Å². The third kappa shape index (κ3) is 4.58. The van der Waals surface area contributed by atoms with Crippen molar-refractivity contribution in [3.8, 4) is 0 Å². The summed E-state index contributed by atoms with van der Waals surface area (Å²) in [6.45, 7) is 3.04. The van der Waals surface area contributed by atoms with Crippen LogP contribution in [0.4, 0.5) is 5.69 Å². The minimum Gasteiger partial charge on any atom is -0.381 e. The highest BCUT2D eigenvalue weighted by Gasteiger charge is 2.00. The van der Waals surface area contributed by atoms with Crippen LogP contribution >= 0.6 is 11.9 Å². The predicted molar refractivity (Wildman–Crippen MR) is 90.2 cm³/mol. The molecule has 2 rings (SSSR count). The van der Waals surface area contributed by atoms with E-state index >= 15 is 0 Å². The van der Waals surface area contributed by atoms with E-state index in [1.165, 1.54) is 22.4 Å². The van der Waals surface area contributed by atoms with Gasteiger partial charge in [-0.25, -0.2) is 0 Å². The van der Waals surface area contributed by atoms with E-state index in [1.54, 1.807) is 11.9 Å². The van der Waals surface area contributed by atoms with Gasteiger partial charge in [-0.3, -0.25) is 4.72 Å². The molecule has 0 aliphatic carbocycles. The van der Waals surface area contributed by atoms with E-state index in [1.807, 2.05) is 13.1 Å². The summed E-state index contributed by atoms with van der Waals surface area (Å²) in [5.41, 5.74) is 5.24. The third-order valence-corrected chi connectivity index (χ3v) is 3.95. The fourth-order valence-corrected chi connectivity index (χ4v) is 2.69. The standard InChI is InChI=1S/C17H22N2S/c1-14-12-15(10-11-20-18-2)8-9-17(14)19-13-16-6-4-3-5-7-16/h3-9,12,18-19H,10-11,13H2,1-2H3. The van der Waals surface area contributed by atoms with Crippen LogP contribution in [0.15, 0.2) is 48.5 Å². The van der Waals surface area contributed by atoms with Gasteiger partial charge in [0.2, 0.25) is 0 Å². The number of hydrogen-bond acceptors (Lipinski definition) is 3. The summed E-state index contributed by atoms with van der Waals surface area (Å²) in [5, 5.41) is 3.51. The number of nitrogens with one attached hydrogen (secondary N) is 2. The topological polar surface area (TPSA) is 24.1 Å². The Morgan fingerprint density at radius 2 is 1.80 bits per heavy atom. The molecule has 2 aromatic rings. The molecule has 20 heavy (non-hydrogen) atoms. The average molecular weight is 286 g/mol. The lowest BCUT2D eigenvalue weighted by Gasteiger charge is -2.11. The maximum atomic E-state index is 3.51. The zero-order chi connectivity index (χ0) is 14.2. The Labute approximate surface area is 126 Å². The predicted octanol–water partition coefficient (Wildman–Crippen LogP) is 4.02. The van der Waals surface area contributed by atoms with E-state index in [0.29, 0.717) is 0 Å². The molecule has 0 aromatic heterocycles. The molecule has 2 N–H and O–H groups in total. The van der Waals surface area contributed by atoms with Crippen molar-refractivity contribution in [2.45, 2.75) is 19.9 Å². The lowest BCUT2D eigenvalue weighted by Crippen LogP contribution is -2.02. The van der Waals surface area contributed by atoms with Gasteiger partial charge in [-0.15, -0.1) is 0 Å². The first-order chi connectivity index (χ1) is 9.79. The summed E-state index contributed by atoms with van der Waals surface area (Å²) < 4.78 is 3.11. The first kappa shape index (κ1) is 14.9. The molecular weight excluding hydrogens is 264 g/mol. The highest BCUT2D eigenvalue weighted by molar-refractivity contribution is 7.97. The van der Waals surface area contributed by atoms with Gasteiger partial charge in [-0.1, -0.05) is 54.4 Å². The van der Waals surface area contributed by atoms with E-state index in [4.69, 9.17) is 0 Å². The monoisotopic (exact) mass is 286 g/mol. The van der Waals surface area contributed by atoms with E-state index in [9.17, 15) is 0 Å². The molecule has 0 bridgehead atoms. The molecule has 0 aliphatic rings. The fraction of sp³-hybridized carbons (Fsp3) is 0.294. The van der Waals surface area contributed by atoms with Gasteiger partial charge in [0.15, 0.2) is 0 Å². The van der Waals surface area contributed by atoms with Crippen molar-refractivity contribution < 1.29 is 0 Å². The van der Waals surface area contributed by atoms with Gasteiger partial charge in [0, 0.05) is 18.0 Å². The van der Waals surface area contributed by atoms with Gasteiger partial charge >= 0.3 is 0 Å². The van der Waals surface area contributed by atoms with Gasteiger partial charge in [0.05, 0.1) is 0 Å². The highest BCUT2D eigenvalue weighted by atomic mass is 32.2. The van der Waals surface area contributed by atoms with Crippen molar-refractivity contribution in [2.24, 2.45) is 0 Å². The zero-order valence-electron chi connectivity index (χ0n) is 12.1.